The van der Waals surface area contributed by atoms with Crippen molar-refractivity contribution >= 4 is 22.6 Å². The Morgan fingerprint density at radius 3 is 2.85 bits per heavy atom. The van der Waals surface area contributed by atoms with E-state index in [1.165, 1.54) is 12.3 Å². The van der Waals surface area contributed by atoms with Gasteiger partial charge in [-0.05, 0) is 28.7 Å². The minimum absolute atomic E-state index is 0.00667. The quantitative estimate of drug-likeness (QED) is 0.786. The Hall–Kier alpha value is -0.970. The van der Waals surface area contributed by atoms with Gasteiger partial charge in [0.2, 0.25) is 5.88 Å². The lowest BCUT2D eigenvalue weighted by Crippen LogP contribution is -2.05. The molecule has 0 aromatic carbocycles. The van der Waals surface area contributed by atoms with Crippen LogP contribution in [-0.2, 0) is 0 Å². The van der Waals surface area contributed by atoms with Crippen molar-refractivity contribution < 1.29 is 13.5 Å². The number of hydrogen-bond acceptors (Lipinski definition) is 3. The third-order valence-electron chi connectivity index (χ3n) is 1.14. The predicted molar refractivity (Wildman–Crippen MR) is 48.3 cm³/mol. The van der Waals surface area contributed by atoms with Gasteiger partial charge in [0, 0.05) is 9.77 Å². The number of hydrogen-bond donors (Lipinski definition) is 0. The third-order valence-corrected chi connectivity index (χ3v) is 1.73. The first-order chi connectivity index (χ1) is 6.13. The fourth-order valence-electron chi connectivity index (χ4n) is 0.685. The first-order valence-electron chi connectivity index (χ1n) is 3.14. The molecule has 0 atom stereocenters. The average Bonchev–Trinajstić information content (AvgIpc) is 2.07. The van der Waals surface area contributed by atoms with Crippen LogP contribution in [0.2, 0.25) is 0 Å². The van der Waals surface area contributed by atoms with E-state index < -0.39 is 6.61 Å². The molecule has 0 fully saturated rings. The summed E-state index contributed by atoms with van der Waals surface area (Å²) in [6, 6.07) is 3.14. The number of ether oxygens (including phenoxy) is 1. The van der Waals surface area contributed by atoms with Crippen LogP contribution in [0.25, 0.3) is 0 Å². The SMILES string of the molecule is N#Cc1cc(I)cnc1OC(F)F. The Kier molecular flexibility index (Phi) is 3.36. The normalized spacial score (nSPS) is 9.77. The second-order valence-corrected chi connectivity index (χ2v) is 3.24. The smallest absolute Gasteiger partial charge is 0.388 e. The summed E-state index contributed by atoms with van der Waals surface area (Å²) in [6.07, 6.45) is 1.35. The standard InChI is InChI=1S/C7H3F2IN2O/c8-7(9)13-6-4(2-11)1-5(10)3-12-6/h1,3,7H. The number of aromatic nitrogens is 1. The molecule has 0 amide bonds. The van der Waals surface area contributed by atoms with E-state index >= 15 is 0 Å². The molecule has 0 aliphatic heterocycles. The lowest BCUT2D eigenvalue weighted by Gasteiger charge is -2.04. The molecule has 0 aliphatic rings. The molecule has 6 heteroatoms. The zero-order chi connectivity index (χ0) is 9.84. The summed E-state index contributed by atoms with van der Waals surface area (Å²) in [5, 5.41) is 8.54. The highest BCUT2D eigenvalue weighted by Gasteiger charge is 2.10. The number of pyridine rings is 1. The van der Waals surface area contributed by atoms with Crippen molar-refractivity contribution in [2.24, 2.45) is 0 Å². The monoisotopic (exact) mass is 296 g/mol. The molecule has 0 aliphatic carbocycles. The Morgan fingerprint density at radius 2 is 2.31 bits per heavy atom. The second kappa shape index (κ2) is 4.32. The van der Waals surface area contributed by atoms with Gasteiger partial charge in [-0.2, -0.15) is 14.0 Å². The van der Waals surface area contributed by atoms with Crippen LogP contribution in [0.5, 0.6) is 5.88 Å². The van der Waals surface area contributed by atoms with E-state index in [0.717, 1.165) is 0 Å². The van der Waals surface area contributed by atoms with E-state index in [1.807, 2.05) is 22.6 Å². The predicted octanol–water partition coefficient (Wildman–Crippen LogP) is 2.16. The fraction of sp³-hybridized carbons (Fsp3) is 0.143. The van der Waals surface area contributed by atoms with E-state index in [1.54, 1.807) is 6.07 Å². The van der Waals surface area contributed by atoms with Crippen molar-refractivity contribution in [3.8, 4) is 11.9 Å². The molecule has 68 valence electrons. The van der Waals surface area contributed by atoms with Gasteiger partial charge < -0.3 is 4.74 Å². The Labute approximate surface area is 86.5 Å². The van der Waals surface area contributed by atoms with Gasteiger partial charge in [-0.1, -0.05) is 0 Å². The summed E-state index contributed by atoms with van der Waals surface area (Å²) in [6.45, 7) is -2.96. The molecular formula is C7H3F2IN2O. The second-order valence-electron chi connectivity index (χ2n) is 2.00. The Bertz CT molecular complexity index is 351. The van der Waals surface area contributed by atoms with Crippen molar-refractivity contribution in [1.29, 1.82) is 5.26 Å². The topological polar surface area (TPSA) is 45.9 Å². The molecule has 1 aromatic heterocycles. The maximum atomic E-state index is 11.8. The van der Waals surface area contributed by atoms with Gasteiger partial charge in [-0.3, -0.25) is 0 Å². The van der Waals surface area contributed by atoms with E-state index in [2.05, 4.69) is 9.72 Å². The van der Waals surface area contributed by atoms with Crippen LogP contribution in [0, 0.1) is 14.9 Å². The molecule has 3 nitrogen and oxygen atoms in total. The van der Waals surface area contributed by atoms with Crippen molar-refractivity contribution in [1.82, 2.24) is 4.98 Å². The summed E-state index contributed by atoms with van der Waals surface area (Å²) < 4.78 is 28.2. The summed E-state index contributed by atoms with van der Waals surface area (Å²) in [5.41, 5.74) is 0.00667. The number of nitriles is 1. The molecule has 0 saturated carbocycles. The molecule has 1 aromatic rings. The number of alkyl halides is 2. The molecule has 13 heavy (non-hydrogen) atoms. The molecule has 1 heterocycles. The van der Waals surface area contributed by atoms with Crippen molar-refractivity contribution in [3.05, 3.63) is 21.4 Å². The van der Waals surface area contributed by atoms with Crippen LogP contribution >= 0.6 is 22.6 Å². The minimum atomic E-state index is -2.96. The van der Waals surface area contributed by atoms with Crippen LogP contribution in [0.3, 0.4) is 0 Å². The number of nitrogens with zero attached hydrogens (tertiary/aromatic N) is 2. The lowest BCUT2D eigenvalue weighted by atomic mass is 10.3. The zero-order valence-electron chi connectivity index (χ0n) is 6.17. The zero-order valence-corrected chi connectivity index (χ0v) is 8.33. The van der Waals surface area contributed by atoms with Gasteiger partial charge in [0.05, 0.1) is 0 Å². The summed E-state index contributed by atoms with van der Waals surface area (Å²) in [7, 11) is 0. The molecule has 0 bridgehead atoms. The maximum Gasteiger partial charge on any atom is 0.388 e. The van der Waals surface area contributed by atoms with Gasteiger partial charge in [0.1, 0.15) is 11.6 Å². The van der Waals surface area contributed by atoms with Crippen molar-refractivity contribution in [2.75, 3.05) is 0 Å². The number of halogens is 3. The van der Waals surface area contributed by atoms with Crippen LogP contribution in [0.15, 0.2) is 12.3 Å². The largest absolute Gasteiger partial charge is 0.415 e. The molecule has 0 unspecified atom stereocenters. The lowest BCUT2D eigenvalue weighted by molar-refractivity contribution is -0.0530. The van der Waals surface area contributed by atoms with Crippen molar-refractivity contribution in [2.45, 2.75) is 6.61 Å². The van der Waals surface area contributed by atoms with Gasteiger partial charge >= 0.3 is 6.61 Å². The Balaban J connectivity index is 3.01. The van der Waals surface area contributed by atoms with Gasteiger partial charge in [0.15, 0.2) is 0 Å². The molecule has 0 radical (unpaired) electrons. The fourth-order valence-corrected chi connectivity index (χ4v) is 1.14. The first kappa shape index (κ1) is 10.1. The molecule has 1 rings (SSSR count). The average molecular weight is 296 g/mol. The highest BCUT2D eigenvalue weighted by molar-refractivity contribution is 14.1. The van der Waals surface area contributed by atoms with Gasteiger partial charge in [-0.25, -0.2) is 4.98 Å². The first-order valence-corrected chi connectivity index (χ1v) is 4.22. The van der Waals surface area contributed by atoms with E-state index in [4.69, 9.17) is 5.26 Å². The summed E-state index contributed by atoms with van der Waals surface area (Å²) in [4.78, 5) is 3.56. The minimum Gasteiger partial charge on any atom is -0.415 e. The highest BCUT2D eigenvalue weighted by atomic mass is 127. The van der Waals surface area contributed by atoms with Crippen molar-refractivity contribution in [3.63, 3.8) is 0 Å². The molecular weight excluding hydrogens is 293 g/mol. The van der Waals surface area contributed by atoms with E-state index in [9.17, 15) is 8.78 Å². The van der Waals surface area contributed by atoms with Crippen LogP contribution in [0.4, 0.5) is 8.78 Å². The summed E-state index contributed by atoms with van der Waals surface area (Å²) in [5.74, 6) is -0.335. The van der Waals surface area contributed by atoms with Gasteiger partial charge in [0.25, 0.3) is 0 Å². The molecule has 0 spiro atoms. The number of rotatable bonds is 2. The van der Waals surface area contributed by atoms with Crippen LogP contribution < -0.4 is 4.74 Å². The maximum absolute atomic E-state index is 11.8. The van der Waals surface area contributed by atoms with E-state index in [-0.39, 0.29) is 11.4 Å². The molecule has 0 saturated heterocycles. The highest BCUT2D eigenvalue weighted by Crippen LogP contribution is 2.18. The molecule has 0 N–H and O–H groups in total. The Morgan fingerprint density at radius 1 is 1.62 bits per heavy atom. The van der Waals surface area contributed by atoms with Crippen LogP contribution in [-0.4, -0.2) is 11.6 Å². The summed E-state index contributed by atoms with van der Waals surface area (Å²) >= 11 is 1.92. The third kappa shape index (κ3) is 2.77. The van der Waals surface area contributed by atoms with E-state index in [0.29, 0.717) is 3.57 Å². The van der Waals surface area contributed by atoms with Crippen LogP contribution in [0.1, 0.15) is 5.56 Å². The van der Waals surface area contributed by atoms with Gasteiger partial charge in [-0.15, -0.1) is 0 Å².